The number of hydrogen-bond acceptors (Lipinski definition) is 6. The maximum atomic E-state index is 13.3. The number of hydrogen-bond donors (Lipinski definition) is 0. The summed E-state index contributed by atoms with van der Waals surface area (Å²) in [5.74, 6) is -0.305. The molecule has 11 heteroatoms. The smallest absolute Gasteiger partial charge is 0.395 e. The average Bonchev–Trinajstić information content (AvgIpc) is 3.03. The van der Waals surface area contributed by atoms with Crippen LogP contribution in [0.4, 0.5) is 8.78 Å². The molecule has 4 heterocycles. The summed E-state index contributed by atoms with van der Waals surface area (Å²) < 4.78 is 37.7. The summed E-state index contributed by atoms with van der Waals surface area (Å²) in [5.41, 5.74) is -0.521. The van der Waals surface area contributed by atoms with Crippen LogP contribution in [-0.4, -0.2) is 25.4 Å². The summed E-state index contributed by atoms with van der Waals surface area (Å²) >= 11 is 5.80. The van der Waals surface area contributed by atoms with Gasteiger partial charge in [-0.25, -0.2) is 14.3 Å². The second kappa shape index (κ2) is 6.88. The molecule has 0 unspecified atom stereocenters. The van der Waals surface area contributed by atoms with Crippen LogP contribution in [0.3, 0.4) is 0 Å². The van der Waals surface area contributed by atoms with Crippen molar-refractivity contribution in [3.05, 3.63) is 86.4 Å². The molecule has 0 aliphatic carbocycles. The van der Waals surface area contributed by atoms with E-state index in [0.29, 0.717) is 11.7 Å². The quantitative estimate of drug-likeness (QED) is 0.451. The van der Waals surface area contributed by atoms with Gasteiger partial charge in [-0.05, 0) is 35.9 Å². The van der Waals surface area contributed by atoms with Crippen LogP contribution in [0.5, 0.6) is 11.5 Å². The van der Waals surface area contributed by atoms with Crippen molar-refractivity contribution in [2.45, 2.75) is 12.8 Å². The fourth-order valence-electron chi connectivity index (χ4n) is 3.31. The standard InChI is InChI=1S/C20H11ClF2N4O4/c21-16-6-3-11(9-24-16)10-26-7-1-2-13-17(26)25-19(29)27(18(13)28)12-4-5-14-15(8-12)31-20(22,23)30-14/h1-9H,10H2. The minimum atomic E-state index is -3.81. The van der Waals surface area contributed by atoms with Gasteiger partial charge in [0.05, 0.1) is 17.8 Å². The van der Waals surface area contributed by atoms with Crippen molar-refractivity contribution in [1.29, 1.82) is 0 Å². The Labute approximate surface area is 177 Å². The molecular formula is C20H11ClF2N4O4. The maximum absolute atomic E-state index is 13.3. The van der Waals surface area contributed by atoms with Crippen molar-refractivity contribution in [3.8, 4) is 28.6 Å². The first-order chi connectivity index (χ1) is 14.8. The van der Waals surface area contributed by atoms with E-state index in [1.807, 2.05) is 0 Å². The van der Waals surface area contributed by atoms with E-state index >= 15 is 0 Å². The number of benzene rings is 1. The maximum Gasteiger partial charge on any atom is 0.586 e. The number of ether oxygens (including phenoxy) is 2. The van der Waals surface area contributed by atoms with E-state index in [9.17, 15) is 18.4 Å². The van der Waals surface area contributed by atoms with Crippen molar-refractivity contribution in [2.24, 2.45) is 0 Å². The minimum Gasteiger partial charge on any atom is -0.395 e. The monoisotopic (exact) mass is 444 g/mol. The summed E-state index contributed by atoms with van der Waals surface area (Å²) in [4.78, 5) is 33.9. The molecule has 3 aliphatic heterocycles. The third kappa shape index (κ3) is 3.40. The van der Waals surface area contributed by atoms with Crippen molar-refractivity contribution in [3.63, 3.8) is 0 Å². The lowest BCUT2D eigenvalue weighted by Crippen LogP contribution is -2.36. The molecule has 0 bridgehead atoms. The summed E-state index contributed by atoms with van der Waals surface area (Å²) in [6, 6.07) is 10.2. The van der Waals surface area contributed by atoms with Crippen LogP contribution in [-0.2, 0) is 6.54 Å². The van der Waals surface area contributed by atoms with E-state index in [1.165, 1.54) is 18.2 Å². The summed E-state index contributed by atoms with van der Waals surface area (Å²) in [5, 5.41) is 0.344. The largest absolute Gasteiger partial charge is 0.586 e. The second-order valence-corrected chi connectivity index (χ2v) is 7.08. The lowest BCUT2D eigenvalue weighted by molar-refractivity contribution is -0.286. The predicted molar refractivity (Wildman–Crippen MR) is 105 cm³/mol. The van der Waals surface area contributed by atoms with Crippen LogP contribution in [0, 0.1) is 0 Å². The molecule has 156 valence electrons. The third-order valence-corrected chi connectivity index (χ3v) is 4.88. The zero-order chi connectivity index (χ0) is 21.8. The SMILES string of the molecule is O=c1nc2n(Cc3ccc(Cl)nc3)cccc-2c(=O)n1-c1ccc2c(c1)OC(F)(F)O2. The molecule has 0 N–H and O–H groups in total. The van der Waals surface area contributed by atoms with Gasteiger partial charge in [0.15, 0.2) is 17.3 Å². The Hall–Kier alpha value is -3.79. The highest BCUT2D eigenvalue weighted by Crippen LogP contribution is 2.41. The molecule has 1 aromatic carbocycles. The number of halogens is 3. The Morgan fingerprint density at radius 1 is 1.06 bits per heavy atom. The van der Waals surface area contributed by atoms with E-state index in [0.717, 1.165) is 16.2 Å². The van der Waals surface area contributed by atoms with Gasteiger partial charge in [-0.1, -0.05) is 17.7 Å². The van der Waals surface area contributed by atoms with E-state index in [1.54, 1.807) is 35.2 Å². The van der Waals surface area contributed by atoms with Crippen molar-refractivity contribution in [2.75, 3.05) is 0 Å². The Bertz CT molecular complexity index is 1400. The predicted octanol–water partition coefficient (Wildman–Crippen LogP) is 2.92. The van der Waals surface area contributed by atoms with Crippen LogP contribution in [0.2, 0.25) is 5.15 Å². The lowest BCUT2D eigenvalue weighted by atomic mass is 10.2. The Kier molecular flexibility index (Phi) is 4.26. The van der Waals surface area contributed by atoms with Crippen LogP contribution in [0.25, 0.3) is 17.1 Å². The summed E-state index contributed by atoms with van der Waals surface area (Å²) in [7, 11) is 0. The molecule has 0 fully saturated rings. The molecule has 0 spiro atoms. The first-order valence-electron chi connectivity index (χ1n) is 8.94. The molecule has 0 radical (unpaired) electrons. The minimum absolute atomic E-state index is 0.0294. The molecule has 1 aromatic heterocycles. The molecule has 8 nitrogen and oxygen atoms in total. The highest BCUT2D eigenvalue weighted by molar-refractivity contribution is 6.29. The first kappa shape index (κ1) is 19.2. The van der Waals surface area contributed by atoms with Gasteiger partial charge in [-0.15, -0.1) is 8.78 Å². The van der Waals surface area contributed by atoms with Crippen LogP contribution >= 0.6 is 11.6 Å². The second-order valence-electron chi connectivity index (χ2n) is 6.70. The van der Waals surface area contributed by atoms with Gasteiger partial charge in [0.1, 0.15) is 5.15 Å². The highest BCUT2D eigenvalue weighted by Gasteiger charge is 2.43. The Morgan fingerprint density at radius 3 is 2.65 bits per heavy atom. The fraction of sp³-hybridized carbons (Fsp3) is 0.100. The van der Waals surface area contributed by atoms with Crippen LogP contribution in [0.15, 0.2) is 64.4 Å². The fourth-order valence-corrected chi connectivity index (χ4v) is 3.42. The van der Waals surface area contributed by atoms with E-state index < -0.39 is 17.5 Å². The molecule has 0 saturated carbocycles. The molecular weight excluding hydrogens is 434 g/mol. The van der Waals surface area contributed by atoms with Gasteiger partial charge in [0, 0.05) is 18.5 Å². The highest BCUT2D eigenvalue weighted by atomic mass is 35.5. The van der Waals surface area contributed by atoms with Gasteiger partial charge < -0.3 is 14.0 Å². The topological polar surface area (TPSA) is 88.2 Å². The number of fused-ring (bicyclic) bond motifs is 2. The number of nitrogens with zero attached hydrogens (tertiary/aromatic N) is 4. The average molecular weight is 445 g/mol. The molecule has 2 aromatic rings. The van der Waals surface area contributed by atoms with Crippen LogP contribution < -0.4 is 20.7 Å². The van der Waals surface area contributed by atoms with Gasteiger partial charge in [-0.3, -0.25) is 4.79 Å². The Morgan fingerprint density at radius 2 is 1.87 bits per heavy atom. The van der Waals surface area contributed by atoms with Crippen molar-refractivity contribution in [1.82, 2.24) is 19.1 Å². The summed E-state index contributed by atoms with van der Waals surface area (Å²) in [6.45, 7) is 0.302. The van der Waals surface area contributed by atoms with Crippen molar-refractivity contribution < 1.29 is 18.3 Å². The van der Waals surface area contributed by atoms with Gasteiger partial charge >= 0.3 is 12.0 Å². The Balaban J connectivity index is 1.61. The van der Waals surface area contributed by atoms with Gasteiger partial charge in [-0.2, -0.15) is 4.98 Å². The normalized spacial score (nSPS) is 14.2. The molecule has 31 heavy (non-hydrogen) atoms. The van der Waals surface area contributed by atoms with E-state index in [2.05, 4.69) is 19.4 Å². The molecule has 0 atom stereocenters. The van der Waals surface area contributed by atoms with Gasteiger partial charge in [0.25, 0.3) is 5.56 Å². The zero-order valence-electron chi connectivity index (χ0n) is 15.5. The lowest BCUT2D eigenvalue weighted by Gasteiger charge is -2.15. The summed E-state index contributed by atoms with van der Waals surface area (Å²) in [6.07, 6.45) is -0.554. The number of pyridine rings is 2. The van der Waals surface area contributed by atoms with E-state index in [-0.39, 0.29) is 28.6 Å². The first-order valence-corrected chi connectivity index (χ1v) is 9.31. The zero-order valence-corrected chi connectivity index (χ0v) is 16.2. The molecule has 5 rings (SSSR count). The van der Waals surface area contributed by atoms with Crippen molar-refractivity contribution >= 4 is 11.6 Å². The van der Waals surface area contributed by atoms with Crippen LogP contribution in [0.1, 0.15) is 5.56 Å². The molecule has 0 saturated heterocycles. The molecule has 3 aliphatic rings. The van der Waals surface area contributed by atoms with Gasteiger partial charge in [0.2, 0.25) is 0 Å². The molecule has 0 amide bonds. The number of alkyl halides is 2. The number of rotatable bonds is 3. The third-order valence-electron chi connectivity index (χ3n) is 4.65. The number of aromatic nitrogens is 4. The van der Waals surface area contributed by atoms with E-state index in [4.69, 9.17) is 11.6 Å².